The highest BCUT2D eigenvalue weighted by Crippen LogP contribution is 2.45. The van der Waals surface area contributed by atoms with Gasteiger partial charge in [0.1, 0.15) is 0 Å². The van der Waals surface area contributed by atoms with E-state index in [1.54, 1.807) is 0 Å². The average molecular weight is 238 g/mol. The first kappa shape index (κ1) is 12.9. The molecule has 3 nitrogen and oxygen atoms in total. The van der Waals surface area contributed by atoms with Crippen LogP contribution in [0.1, 0.15) is 52.4 Å². The highest BCUT2D eigenvalue weighted by molar-refractivity contribution is 5.84. The molecule has 1 atom stereocenters. The normalized spacial score (nSPS) is 35.4. The van der Waals surface area contributed by atoms with Crippen molar-refractivity contribution in [2.24, 2.45) is 23.0 Å². The summed E-state index contributed by atoms with van der Waals surface area (Å²) in [7, 11) is 0. The van der Waals surface area contributed by atoms with Gasteiger partial charge in [0.15, 0.2) is 0 Å². The molecular weight excluding hydrogens is 212 g/mol. The quantitative estimate of drug-likeness (QED) is 0.787. The number of nitrogens with two attached hydrogens (primary N) is 1. The largest absolute Gasteiger partial charge is 0.353 e. The maximum Gasteiger partial charge on any atom is 0.227 e. The molecule has 1 amide bonds. The highest BCUT2D eigenvalue weighted by atomic mass is 16.2. The summed E-state index contributed by atoms with van der Waals surface area (Å²) in [4.78, 5) is 12.3. The van der Waals surface area contributed by atoms with Crippen LogP contribution in [0.4, 0.5) is 0 Å². The molecule has 0 radical (unpaired) electrons. The van der Waals surface area contributed by atoms with Crippen molar-refractivity contribution in [3.8, 4) is 0 Å². The Morgan fingerprint density at radius 2 is 2.00 bits per heavy atom. The topological polar surface area (TPSA) is 55.1 Å². The van der Waals surface area contributed by atoms with Crippen LogP contribution >= 0.6 is 0 Å². The van der Waals surface area contributed by atoms with Crippen LogP contribution in [0.3, 0.4) is 0 Å². The third-order valence-electron chi connectivity index (χ3n) is 4.82. The molecule has 2 saturated carbocycles. The molecule has 3 N–H and O–H groups in total. The van der Waals surface area contributed by atoms with Gasteiger partial charge >= 0.3 is 0 Å². The van der Waals surface area contributed by atoms with Crippen LogP contribution in [0.15, 0.2) is 0 Å². The van der Waals surface area contributed by atoms with Gasteiger partial charge in [0.2, 0.25) is 5.91 Å². The molecular formula is C14H26N2O. The summed E-state index contributed by atoms with van der Waals surface area (Å²) in [6.07, 6.45) is 7.12. The Balaban J connectivity index is 1.87. The molecule has 0 heterocycles. The Labute approximate surface area is 105 Å². The predicted octanol–water partition coefficient (Wildman–Crippen LogP) is 2.06. The lowest BCUT2D eigenvalue weighted by Crippen LogP contribution is -2.55. The third kappa shape index (κ3) is 2.49. The van der Waals surface area contributed by atoms with Crippen molar-refractivity contribution in [1.29, 1.82) is 0 Å². The van der Waals surface area contributed by atoms with Gasteiger partial charge in [-0.15, -0.1) is 0 Å². The molecule has 1 unspecified atom stereocenters. The molecule has 0 aromatic carbocycles. The van der Waals surface area contributed by atoms with Crippen LogP contribution < -0.4 is 11.1 Å². The minimum Gasteiger partial charge on any atom is -0.353 e. The number of hydrogen-bond acceptors (Lipinski definition) is 2. The molecule has 0 aliphatic heterocycles. The minimum absolute atomic E-state index is 0.206. The fourth-order valence-corrected chi connectivity index (χ4v) is 3.65. The maximum atomic E-state index is 12.3. The molecule has 2 aliphatic rings. The zero-order valence-electron chi connectivity index (χ0n) is 11.2. The average Bonchev–Trinajstić information content (AvgIpc) is 2.77. The van der Waals surface area contributed by atoms with E-state index in [1.807, 2.05) is 0 Å². The monoisotopic (exact) mass is 238 g/mol. The fraction of sp³-hybridized carbons (Fsp3) is 0.929. The van der Waals surface area contributed by atoms with Gasteiger partial charge in [-0.05, 0) is 44.4 Å². The van der Waals surface area contributed by atoms with Crippen LogP contribution in [-0.2, 0) is 4.79 Å². The van der Waals surface area contributed by atoms with Crippen LogP contribution in [-0.4, -0.2) is 18.5 Å². The zero-order chi connectivity index (χ0) is 12.5. The van der Waals surface area contributed by atoms with Crippen molar-refractivity contribution in [3.63, 3.8) is 0 Å². The third-order valence-corrected chi connectivity index (χ3v) is 4.82. The predicted molar refractivity (Wildman–Crippen MR) is 69.4 cm³/mol. The second kappa shape index (κ2) is 4.97. The summed E-state index contributed by atoms with van der Waals surface area (Å²) in [6, 6.07) is 0.323. The van der Waals surface area contributed by atoms with E-state index in [4.69, 9.17) is 5.73 Å². The van der Waals surface area contributed by atoms with Crippen molar-refractivity contribution >= 4 is 5.91 Å². The number of carbonyl (C=O) groups is 1. The first-order chi connectivity index (χ1) is 8.07. The van der Waals surface area contributed by atoms with Gasteiger partial charge in [0.25, 0.3) is 0 Å². The van der Waals surface area contributed by atoms with E-state index in [1.165, 1.54) is 25.7 Å². The second-order valence-corrected chi connectivity index (χ2v) is 6.30. The molecule has 17 heavy (non-hydrogen) atoms. The SMILES string of the molecule is CC1CC(CN)(C(=O)NC(C)C2CCCC2)C1. The van der Waals surface area contributed by atoms with E-state index < -0.39 is 0 Å². The fourth-order valence-electron chi connectivity index (χ4n) is 3.65. The smallest absolute Gasteiger partial charge is 0.227 e. The van der Waals surface area contributed by atoms with Gasteiger partial charge in [0.05, 0.1) is 5.41 Å². The second-order valence-electron chi connectivity index (χ2n) is 6.30. The van der Waals surface area contributed by atoms with Crippen molar-refractivity contribution in [1.82, 2.24) is 5.32 Å². The molecule has 0 aromatic heterocycles. The molecule has 0 bridgehead atoms. The Bertz CT molecular complexity index is 278. The number of amides is 1. The van der Waals surface area contributed by atoms with Crippen LogP contribution in [0, 0.1) is 17.3 Å². The Hall–Kier alpha value is -0.570. The van der Waals surface area contributed by atoms with Gasteiger partial charge < -0.3 is 11.1 Å². The van der Waals surface area contributed by atoms with Crippen LogP contribution in [0.2, 0.25) is 0 Å². The van der Waals surface area contributed by atoms with Crippen molar-refractivity contribution in [3.05, 3.63) is 0 Å². The van der Waals surface area contributed by atoms with Gasteiger partial charge in [-0.1, -0.05) is 19.8 Å². The molecule has 2 aliphatic carbocycles. The minimum atomic E-state index is -0.244. The van der Waals surface area contributed by atoms with E-state index in [0.29, 0.717) is 24.4 Å². The molecule has 0 spiro atoms. The summed E-state index contributed by atoms with van der Waals surface area (Å²) >= 11 is 0. The van der Waals surface area contributed by atoms with E-state index in [2.05, 4.69) is 19.2 Å². The van der Waals surface area contributed by atoms with Crippen molar-refractivity contribution in [2.75, 3.05) is 6.54 Å². The summed E-state index contributed by atoms with van der Waals surface area (Å²) < 4.78 is 0. The van der Waals surface area contributed by atoms with Crippen LogP contribution in [0.25, 0.3) is 0 Å². The molecule has 0 saturated heterocycles. The number of hydrogen-bond donors (Lipinski definition) is 2. The molecule has 2 rings (SSSR count). The summed E-state index contributed by atoms with van der Waals surface area (Å²) in [5.41, 5.74) is 5.56. The number of nitrogens with one attached hydrogen (secondary N) is 1. The molecule has 98 valence electrons. The Morgan fingerprint density at radius 1 is 1.41 bits per heavy atom. The van der Waals surface area contributed by atoms with Crippen molar-refractivity contribution in [2.45, 2.75) is 58.4 Å². The van der Waals surface area contributed by atoms with E-state index in [9.17, 15) is 4.79 Å². The lowest BCUT2D eigenvalue weighted by Gasteiger charge is -2.45. The van der Waals surface area contributed by atoms with E-state index in [0.717, 1.165) is 12.8 Å². The Kier molecular flexibility index (Phi) is 3.76. The lowest BCUT2D eigenvalue weighted by atomic mass is 9.62. The standard InChI is InChI=1S/C14H26N2O/c1-10-7-14(8-10,9-15)13(17)16-11(2)12-5-3-4-6-12/h10-12H,3-9,15H2,1-2H3,(H,16,17). The number of carbonyl (C=O) groups excluding carboxylic acids is 1. The summed E-state index contributed by atoms with van der Waals surface area (Å²) in [5.74, 6) is 1.55. The molecule has 3 heteroatoms. The van der Waals surface area contributed by atoms with E-state index in [-0.39, 0.29) is 11.3 Å². The lowest BCUT2D eigenvalue weighted by molar-refractivity contribution is -0.139. The van der Waals surface area contributed by atoms with Gasteiger partial charge in [0, 0.05) is 12.6 Å². The van der Waals surface area contributed by atoms with Gasteiger partial charge in [-0.25, -0.2) is 0 Å². The van der Waals surface area contributed by atoms with Gasteiger partial charge in [-0.2, -0.15) is 0 Å². The first-order valence-electron chi connectivity index (χ1n) is 7.08. The van der Waals surface area contributed by atoms with Crippen LogP contribution in [0.5, 0.6) is 0 Å². The summed E-state index contributed by atoms with van der Waals surface area (Å²) in [5, 5.41) is 3.22. The van der Waals surface area contributed by atoms with E-state index >= 15 is 0 Å². The van der Waals surface area contributed by atoms with Crippen molar-refractivity contribution < 1.29 is 4.79 Å². The number of rotatable bonds is 4. The molecule has 0 aromatic rings. The maximum absolute atomic E-state index is 12.3. The first-order valence-corrected chi connectivity index (χ1v) is 7.08. The summed E-state index contributed by atoms with van der Waals surface area (Å²) in [6.45, 7) is 4.85. The highest BCUT2D eigenvalue weighted by Gasteiger charge is 2.47. The molecule has 2 fully saturated rings. The van der Waals surface area contributed by atoms with Gasteiger partial charge in [-0.3, -0.25) is 4.79 Å². The Morgan fingerprint density at radius 3 is 2.47 bits per heavy atom. The zero-order valence-corrected chi connectivity index (χ0v) is 11.2.